The van der Waals surface area contributed by atoms with Crippen LogP contribution in [0.15, 0.2) is 53.3 Å². The van der Waals surface area contributed by atoms with Gasteiger partial charge in [-0.1, -0.05) is 34.8 Å². The number of carbonyl (C=O) groups excluding carboxylic acids is 1. The monoisotopic (exact) mass is 490 g/mol. The molecule has 0 atom stereocenters. The fraction of sp³-hybridized carbons (Fsp3) is 0.261. The molecule has 1 aromatic heterocycles. The number of aromatic nitrogens is 2. The van der Waals surface area contributed by atoms with E-state index in [1.54, 1.807) is 42.5 Å². The van der Waals surface area contributed by atoms with E-state index in [1.807, 2.05) is 0 Å². The molecule has 0 spiro atoms. The zero-order valence-corrected chi connectivity index (χ0v) is 19.6. The van der Waals surface area contributed by atoms with E-state index in [9.17, 15) is 9.59 Å². The van der Waals surface area contributed by atoms with Crippen LogP contribution < -0.4 is 15.8 Å². The van der Waals surface area contributed by atoms with Gasteiger partial charge in [0.15, 0.2) is 5.82 Å². The zero-order chi connectivity index (χ0) is 22.8. The van der Waals surface area contributed by atoms with Crippen LogP contribution in [0, 0.1) is 0 Å². The van der Waals surface area contributed by atoms with Crippen molar-refractivity contribution in [3.63, 3.8) is 0 Å². The van der Waals surface area contributed by atoms with E-state index in [1.165, 1.54) is 17.6 Å². The molecule has 1 aliphatic heterocycles. The number of amides is 1. The first-order valence-corrected chi connectivity index (χ1v) is 11.3. The predicted molar refractivity (Wildman–Crippen MR) is 129 cm³/mol. The first kappa shape index (κ1) is 22.6. The fourth-order valence-electron chi connectivity index (χ4n) is 3.86. The fourth-order valence-corrected chi connectivity index (χ4v) is 4.48. The smallest absolute Gasteiger partial charge is 0.260 e. The summed E-state index contributed by atoms with van der Waals surface area (Å²) in [6, 6.07) is 13.7. The number of hydrogen-bond donors (Lipinski definition) is 1. The average Bonchev–Trinajstić information content (AvgIpc) is 2.74. The zero-order valence-electron chi connectivity index (χ0n) is 17.3. The van der Waals surface area contributed by atoms with Gasteiger partial charge in [0.05, 0.1) is 10.7 Å². The van der Waals surface area contributed by atoms with E-state index in [-0.39, 0.29) is 17.5 Å². The molecule has 2 aromatic carbocycles. The van der Waals surface area contributed by atoms with Crippen LogP contribution in [0.3, 0.4) is 0 Å². The third-order valence-electron chi connectivity index (χ3n) is 5.39. The van der Waals surface area contributed by atoms with Crippen LogP contribution in [0.2, 0.25) is 15.1 Å². The van der Waals surface area contributed by atoms with E-state index >= 15 is 0 Å². The predicted octanol–water partition coefficient (Wildman–Crippen LogP) is 4.96. The van der Waals surface area contributed by atoms with Crippen molar-refractivity contribution in [2.24, 2.45) is 0 Å². The van der Waals surface area contributed by atoms with Crippen molar-refractivity contribution >= 4 is 46.5 Å². The van der Waals surface area contributed by atoms with Crippen molar-refractivity contribution in [3.05, 3.63) is 74.0 Å². The van der Waals surface area contributed by atoms with E-state index in [2.05, 4.69) is 10.2 Å². The van der Waals surface area contributed by atoms with Gasteiger partial charge in [-0.05, 0) is 55.3 Å². The van der Waals surface area contributed by atoms with Gasteiger partial charge in [-0.2, -0.15) is 0 Å². The summed E-state index contributed by atoms with van der Waals surface area (Å²) in [6.07, 6.45) is 1.55. The number of nitrogens with zero attached hydrogens (tertiary/aromatic N) is 3. The van der Waals surface area contributed by atoms with Gasteiger partial charge in [0.2, 0.25) is 5.91 Å². The van der Waals surface area contributed by atoms with Crippen molar-refractivity contribution < 1.29 is 4.79 Å². The molecule has 2 heterocycles. The van der Waals surface area contributed by atoms with Crippen LogP contribution in [0.1, 0.15) is 19.8 Å². The molecule has 1 fully saturated rings. The van der Waals surface area contributed by atoms with Crippen molar-refractivity contribution in [2.75, 3.05) is 18.0 Å². The Hall–Kier alpha value is -2.54. The SMILES string of the molecule is CC(=O)NC1CCN(c2cc(=O)n(-c3ccc(Cl)cc3)c(-c3ccc(Cl)cc3Cl)n2)CC1. The largest absolute Gasteiger partial charge is 0.356 e. The number of benzene rings is 2. The summed E-state index contributed by atoms with van der Waals surface area (Å²) in [7, 11) is 0. The summed E-state index contributed by atoms with van der Waals surface area (Å²) in [5.74, 6) is 0.954. The normalized spacial score (nSPS) is 14.4. The molecule has 1 saturated heterocycles. The Kier molecular flexibility index (Phi) is 6.74. The average molecular weight is 492 g/mol. The highest BCUT2D eigenvalue weighted by molar-refractivity contribution is 6.36. The minimum atomic E-state index is -0.234. The molecule has 0 aliphatic carbocycles. The third kappa shape index (κ3) is 4.93. The van der Waals surface area contributed by atoms with Gasteiger partial charge in [0.25, 0.3) is 5.56 Å². The number of hydrogen-bond acceptors (Lipinski definition) is 4. The molecule has 3 aromatic rings. The summed E-state index contributed by atoms with van der Waals surface area (Å²) in [5, 5.41) is 4.42. The number of nitrogens with one attached hydrogen (secondary N) is 1. The lowest BCUT2D eigenvalue weighted by atomic mass is 10.1. The minimum Gasteiger partial charge on any atom is -0.356 e. The lowest BCUT2D eigenvalue weighted by Gasteiger charge is -2.33. The molecule has 6 nitrogen and oxygen atoms in total. The summed E-state index contributed by atoms with van der Waals surface area (Å²) in [5.41, 5.74) is 0.990. The lowest BCUT2D eigenvalue weighted by Crippen LogP contribution is -2.44. The van der Waals surface area contributed by atoms with Crippen LogP contribution in [0.5, 0.6) is 0 Å². The lowest BCUT2D eigenvalue weighted by molar-refractivity contribution is -0.119. The molecule has 0 bridgehead atoms. The Morgan fingerprint density at radius 3 is 2.28 bits per heavy atom. The maximum absolute atomic E-state index is 13.3. The molecular formula is C23H21Cl3N4O2. The Morgan fingerprint density at radius 2 is 1.66 bits per heavy atom. The Labute approximate surface area is 200 Å². The number of anilines is 1. The van der Waals surface area contributed by atoms with Gasteiger partial charge in [-0.15, -0.1) is 0 Å². The minimum absolute atomic E-state index is 0.0354. The van der Waals surface area contributed by atoms with Crippen LogP contribution in [-0.4, -0.2) is 34.6 Å². The highest BCUT2D eigenvalue weighted by Crippen LogP contribution is 2.31. The van der Waals surface area contributed by atoms with Gasteiger partial charge in [0, 0.05) is 47.7 Å². The highest BCUT2D eigenvalue weighted by atomic mass is 35.5. The highest BCUT2D eigenvalue weighted by Gasteiger charge is 2.23. The Bertz CT molecular complexity index is 1200. The summed E-state index contributed by atoms with van der Waals surface area (Å²) >= 11 is 18.6. The van der Waals surface area contributed by atoms with Gasteiger partial charge < -0.3 is 10.2 Å². The van der Waals surface area contributed by atoms with Crippen molar-refractivity contribution in [2.45, 2.75) is 25.8 Å². The van der Waals surface area contributed by atoms with E-state index < -0.39 is 0 Å². The number of piperidine rings is 1. The molecule has 166 valence electrons. The number of halogens is 3. The molecule has 1 amide bonds. The standard InChI is InChI=1S/C23H21Cl3N4O2/c1-14(31)27-17-8-10-29(11-9-17)21-13-22(32)30(18-5-2-15(24)3-6-18)23(28-21)19-7-4-16(25)12-20(19)26/h2-7,12-13,17H,8-11H2,1H3,(H,27,31). The first-order chi connectivity index (χ1) is 15.3. The van der Waals surface area contributed by atoms with Crippen molar-refractivity contribution in [1.82, 2.24) is 14.9 Å². The molecule has 0 saturated carbocycles. The van der Waals surface area contributed by atoms with E-state index in [0.29, 0.717) is 51.1 Å². The second-order valence-electron chi connectivity index (χ2n) is 7.67. The molecule has 1 N–H and O–H groups in total. The first-order valence-electron chi connectivity index (χ1n) is 10.2. The van der Waals surface area contributed by atoms with Crippen molar-refractivity contribution in [1.29, 1.82) is 0 Å². The molecule has 9 heteroatoms. The second-order valence-corrected chi connectivity index (χ2v) is 8.95. The Morgan fingerprint density at radius 1 is 1.00 bits per heavy atom. The van der Waals surface area contributed by atoms with Crippen LogP contribution >= 0.6 is 34.8 Å². The van der Waals surface area contributed by atoms with Crippen LogP contribution in [-0.2, 0) is 4.79 Å². The maximum Gasteiger partial charge on any atom is 0.260 e. The molecule has 32 heavy (non-hydrogen) atoms. The van der Waals surface area contributed by atoms with Crippen LogP contribution in [0.4, 0.5) is 5.82 Å². The van der Waals surface area contributed by atoms with Gasteiger partial charge in [-0.3, -0.25) is 14.2 Å². The van der Waals surface area contributed by atoms with Crippen molar-refractivity contribution in [3.8, 4) is 17.1 Å². The van der Waals surface area contributed by atoms with E-state index in [4.69, 9.17) is 39.8 Å². The van der Waals surface area contributed by atoms with Crippen LogP contribution in [0.25, 0.3) is 17.1 Å². The number of rotatable bonds is 4. The maximum atomic E-state index is 13.3. The molecule has 4 rings (SSSR count). The quantitative estimate of drug-likeness (QED) is 0.560. The summed E-state index contributed by atoms with van der Waals surface area (Å²) in [6.45, 7) is 2.87. The molecular weight excluding hydrogens is 471 g/mol. The molecule has 0 unspecified atom stereocenters. The van der Waals surface area contributed by atoms with Gasteiger partial charge in [0.1, 0.15) is 5.82 Å². The van der Waals surface area contributed by atoms with E-state index in [0.717, 1.165) is 12.8 Å². The summed E-state index contributed by atoms with van der Waals surface area (Å²) < 4.78 is 1.51. The van der Waals surface area contributed by atoms with Gasteiger partial charge >= 0.3 is 0 Å². The Balaban J connectivity index is 1.78. The second kappa shape index (κ2) is 9.53. The summed E-state index contributed by atoms with van der Waals surface area (Å²) in [4.78, 5) is 31.5. The third-order valence-corrected chi connectivity index (χ3v) is 6.19. The topological polar surface area (TPSA) is 67.2 Å². The molecule has 0 radical (unpaired) electrons. The van der Waals surface area contributed by atoms with Gasteiger partial charge in [-0.25, -0.2) is 4.98 Å². The number of carbonyl (C=O) groups is 1. The molecule has 1 aliphatic rings.